The molecule has 3 heterocycles. The van der Waals surface area contributed by atoms with Crippen LogP contribution in [0, 0.1) is 0 Å². The number of nitrogens with zero attached hydrogens (tertiary/aromatic N) is 3. The maximum absolute atomic E-state index is 12.6. The number of hydrogen-bond donors (Lipinski definition) is 1. The summed E-state index contributed by atoms with van der Waals surface area (Å²) in [6.07, 6.45) is 1.42. The van der Waals surface area contributed by atoms with Gasteiger partial charge in [0.25, 0.3) is 11.8 Å². The molecule has 0 unspecified atom stereocenters. The van der Waals surface area contributed by atoms with Crippen LogP contribution in [0.2, 0.25) is 0 Å². The summed E-state index contributed by atoms with van der Waals surface area (Å²) < 4.78 is 15.5. The van der Waals surface area contributed by atoms with E-state index in [1.165, 1.54) is 18.3 Å². The minimum atomic E-state index is -0.768. The Kier molecular flexibility index (Phi) is 3.51. The van der Waals surface area contributed by atoms with Crippen LogP contribution in [0.1, 0.15) is 10.4 Å². The maximum Gasteiger partial charge on any atom is 0.349 e. The van der Waals surface area contributed by atoms with Gasteiger partial charge in [0.1, 0.15) is 11.1 Å². The van der Waals surface area contributed by atoms with Crippen LogP contribution in [-0.4, -0.2) is 21.3 Å². The Balaban J connectivity index is 1.53. The summed E-state index contributed by atoms with van der Waals surface area (Å²) in [6.45, 7) is 0. The number of rotatable bonds is 3. The molecule has 1 N–H and O–H groups in total. The zero-order chi connectivity index (χ0) is 19.1. The third kappa shape index (κ3) is 2.62. The monoisotopic (exact) mass is 374 g/mol. The van der Waals surface area contributed by atoms with Crippen molar-refractivity contribution in [2.45, 2.75) is 0 Å². The highest BCUT2D eigenvalue weighted by atomic mass is 16.5. The Morgan fingerprint density at radius 2 is 1.86 bits per heavy atom. The minimum Gasteiger partial charge on any atom is -0.422 e. The summed E-state index contributed by atoms with van der Waals surface area (Å²) in [6, 6.07) is 14.0. The molecule has 0 atom stereocenters. The van der Waals surface area contributed by atoms with Gasteiger partial charge in [0.2, 0.25) is 5.76 Å². The predicted molar refractivity (Wildman–Crippen MR) is 97.7 cm³/mol. The zero-order valence-electron chi connectivity index (χ0n) is 14.1. The normalized spacial score (nSPS) is 11.1. The van der Waals surface area contributed by atoms with Gasteiger partial charge >= 0.3 is 11.6 Å². The van der Waals surface area contributed by atoms with Crippen LogP contribution >= 0.6 is 0 Å². The molecule has 0 radical (unpaired) electrons. The first kappa shape index (κ1) is 15.9. The third-order valence-corrected chi connectivity index (χ3v) is 4.18. The second kappa shape index (κ2) is 6.16. The highest BCUT2D eigenvalue weighted by molar-refractivity contribution is 6.10. The van der Waals surface area contributed by atoms with Gasteiger partial charge in [-0.15, -0.1) is 5.10 Å². The van der Waals surface area contributed by atoms with E-state index >= 15 is 0 Å². The van der Waals surface area contributed by atoms with Crippen molar-refractivity contribution in [2.75, 3.05) is 5.32 Å². The Labute approximate surface area is 155 Å². The summed E-state index contributed by atoms with van der Waals surface area (Å²) >= 11 is 0. The first-order valence-electron chi connectivity index (χ1n) is 8.20. The summed E-state index contributed by atoms with van der Waals surface area (Å²) in [7, 11) is 0. The number of fused-ring (bicyclic) bond motifs is 3. The van der Waals surface area contributed by atoms with Crippen LogP contribution < -0.4 is 10.9 Å². The average Bonchev–Trinajstić information content (AvgIpc) is 3.39. The van der Waals surface area contributed by atoms with Crippen LogP contribution in [0.3, 0.4) is 0 Å². The molecule has 9 heteroatoms. The Morgan fingerprint density at radius 1 is 0.964 bits per heavy atom. The molecule has 0 aliphatic rings. The van der Waals surface area contributed by atoms with E-state index in [0.29, 0.717) is 11.0 Å². The van der Waals surface area contributed by atoms with E-state index < -0.39 is 11.5 Å². The SMILES string of the molecule is O=C(Nc1nnc(-c2ccno2)o1)c1cc2c(ccc3ccccc32)oc1=O. The zero-order valence-corrected chi connectivity index (χ0v) is 14.1. The lowest BCUT2D eigenvalue weighted by molar-refractivity contribution is 0.102. The standard InChI is InChI=1S/C19H10N4O5/c24-16(21-19-23-22-17(27-19)15-7-8-20-28-15)13-9-12-11-4-2-1-3-10(11)5-6-14(12)26-18(13)25/h1-9H,(H,21,23,24). The van der Waals surface area contributed by atoms with Crippen molar-refractivity contribution in [1.29, 1.82) is 0 Å². The van der Waals surface area contributed by atoms with Crippen molar-refractivity contribution in [2.24, 2.45) is 0 Å². The van der Waals surface area contributed by atoms with E-state index in [1.807, 2.05) is 30.3 Å². The Bertz CT molecular complexity index is 1380. The summed E-state index contributed by atoms with van der Waals surface area (Å²) in [5.74, 6) is -0.426. The van der Waals surface area contributed by atoms with Gasteiger partial charge in [0.15, 0.2) is 0 Å². The van der Waals surface area contributed by atoms with Crippen LogP contribution in [0.25, 0.3) is 33.4 Å². The van der Waals surface area contributed by atoms with Gasteiger partial charge in [-0.3, -0.25) is 10.1 Å². The van der Waals surface area contributed by atoms with Gasteiger partial charge in [0, 0.05) is 11.5 Å². The highest BCUT2D eigenvalue weighted by Gasteiger charge is 2.19. The van der Waals surface area contributed by atoms with E-state index in [2.05, 4.69) is 20.7 Å². The summed E-state index contributed by atoms with van der Waals surface area (Å²) in [5, 5.41) is 15.9. The molecule has 0 fully saturated rings. The first-order valence-corrected chi connectivity index (χ1v) is 8.20. The van der Waals surface area contributed by atoms with Crippen molar-refractivity contribution in [1.82, 2.24) is 15.4 Å². The summed E-state index contributed by atoms with van der Waals surface area (Å²) in [4.78, 5) is 24.9. The van der Waals surface area contributed by atoms with E-state index in [1.54, 1.807) is 6.07 Å². The number of carbonyl (C=O) groups is 1. The van der Waals surface area contributed by atoms with Crippen molar-refractivity contribution >= 4 is 33.7 Å². The van der Waals surface area contributed by atoms with Crippen LogP contribution in [0.15, 0.2) is 72.9 Å². The largest absolute Gasteiger partial charge is 0.422 e. The van der Waals surface area contributed by atoms with Gasteiger partial charge in [-0.1, -0.05) is 40.6 Å². The molecular weight excluding hydrogens is 364 g/mol. The quantitative estimate of drug-likeness (QED) is 0.377. The van der Waals surface area contributed by atoms with Crippen LogP contribution in [-0.2, 0) is 0 Å². The van der Waals surface area contributed by atoms with Crippen molar-refractivity contribution in [3.8, 4) is 11.7 Å². The lowest BCUT2D eigenvalue weighted by Gasteiger charge is -2.05. The molecular formula is C19H10N4O5. The molecule has 0 saturated carbocycles. The molecule has 28 heavy (non-hydrogen) atoms. The highest BCUT2D eigenvalue weighted by Crippen LogP contribution is 2.25. The molecule has 5 aromatic rings. The molecule has 136 valence electrons. The maximum atomic E-state index is 12.6. The average molecular weight is 374 g/mol. The lowest BCUT2D eigenvalue weighted by Crippen LogP contribution is -2.20. The number of amides is 1. The molecule has 3 aromatic heterocycles. The fraction of sp³-hybridized carbons (Fsp3) is 0. The molecule has 0 spiro atoms. The Hall–Kier alpha value is -4.27. The van der Waals surface area contributed by atoms with E-state index in [0.717, 1.165) is 10.8 Å². The number of carbonyl (C=O) groups excluding carboxylic acids is 1. The molecule has 0 bridgehead atoms. The number of hydrogen-bond acceptors (Lipinski definition) is 8. The molecule has 2 aromatic carbocycles. The van der Waals surface area contributed by atoms with E-state index in [9.17, 15) is 9.59 Å². The van der Waals surface area contributed by atoms with E-state index in [4.69, 9.17) is 13.4 Å². The molecule has 0 aliphatic heterocycles. The van der Waals surface area contributed by atoms with Crippen LogP contribution in [0.5, 0.6) is 0 Å². The number of aromatic nitrogens is 3. The van der Waals surface area contributed by atoms with E-state index in [-0.39, 0.29) is 23.2 Å². The molecule has 9 nitrogen and oxygen atoms in total. The number of nitrogens with one attached hydrogen (secondary N) is 1. The molecule has 0 aliphatic carbocycles. The summed E-state index contributed by atoms with van der Waals surface area (Å²) in [5.41, 5.74) is -0.552. The van der Waals surface area contributed by atoms with Gasteiger partial charge in [-0.05, 0) is 22.9 Å². The smallest absolute Gasteiger partial charge is 0.349 e. The fourth-order valence-electron chi connectivity index (χ4n) is 2.89. The topological polar surface area (TPSA) is 124 Å². The number of benzene rings is 2. The predicted octanol–water partition coefficient (Wildman–Crippen LogP) is 3.24. The van der Waals surface area contributed by atoms with Crippen molar-refractivity contribution in [3.63, 3.8) is 0 Å². The third-order valence-electron chi connectivity index (χ3n) is 4.18. The van der Waals surface area contributed by atoms with Gasteiger partial charge in [-0.2, -0.15) is 0 Å². The molecule has 5 rings (SSSR count). The van der Waals surface area contributed by atoms with Crippen LogP contribution in [0.4, 0.5) is 6.01 Å². The number of anilines is 1. The first-order chi connectivity index (χ1) is 13.7. The second-order valence-corrected chi connectivity index (χ2v) is 5.89. The van der Waals surface area contributed by atoms with Crippen molar-refractivity contribution < 1.29 is 18.2 Å². The second-order valence-electron chi connectivity index (χ2n) is 5.89. The van der Waals surface area contributed by atoms with Gasteiger partial charge in [-0.25, -0.2) is 4.79 Å². The lowest BCUT2D eigenvalue weighted by atomic mass is 10.0. The minimum absolute atomic E-state index is 0.0457. The Morgan fingerprint density at radius 3 is 2.71 bits per heavy atom. The van der Waals surface area contributed by atoms with Gasteiger partial charge in [0.05, 0.1) is 6.20 Å². The van der Waals surface area contributed by atoms with Gasteiger partial charge < -0.3 is 13.4 Å². The van der Waals surface area contributed by atoms with Crippen molar-refractivity contribution in [3.05, 3.63) is 70.7 Å². The molecule has 1 amide bonds. The molecule has 0 saturated heterocycles. The fourth-order valence-corrected chi connectivity index (χ4v) is 2.89.